The molecule has 0 radical (unpaired) electrons. The summed E-state index contributed by atoms with van der Waals surface area (Å²) in [6.07, 6.45) is -4.83. The van der Waals surface area contributed by atoms with Crippen molar-refractivity contribution in [1.82, 2.24) is 4.98 Å². The molecule has 6 nitrogen and oxygen atoms in total. The second kappa shape index (κ2) is 10.9. The average molecular weight is 547 g/mol. The first-order chi connectivity index (χ1) is 16.8. The van der Waals surface area contributed by atoms with Gasteiger partial charge in [0, 0.05) is 23.9 Å². The predicted octanol–water partition coefficient (Wildman–Crippen LogP) is 5.13. The number of aryl methyl sites for hydroxylation is 1. The van der Waals surface area contributed by atoms with Crippen LogP contribution in [-0.4, -0.2) is 26.7 Å². The van der Waals surface area contributed by atoms with Gasteiger partial charge in [-0.1, -0.05) is 29.8 Å². The van der Waals surface area contributed by atoms with E-state index in [1.54, 1.807) is 0 Å². The van der Waals surface area contributed by atoms with E-state index in [-0.39, 0.29) is 45.9 Å². The Bertz CT molecular complexity index is 1320. The molecule has 36 heavy (non-hydrogen) atoms. The topological polar surface area (TPSA) is 99.4 Å². The molecule has 0 aliphatic carbocycles. The highest BCUT2D eigenvalue weighted by atomic mass is 35.5. The third kappa shape index (κ3) is 6.18. The van der Waals surface area contributed by atoms with Crippen LogP contribution in [-0.2, 0) is 28.7 Å². The number of anilines is 1. The van der Waals surface area contributed by atoms with Crippen LogP contribution in [0.3, 0.4) is 0 Å². The number of carbonyl (C=O) groups is 1. The molecule has 0 saturated heterocycles. The van der Waals surface area contributed by atoms with Crippen molar-refractivity contribution < 1.29 is 35.5 Å². The van der Waals surface area contributed by atoms with Crippen LogP contribution >= 0.6 is 11.6 Å². The molecule has 2 aromatic carbocycles. The Hall–Kier alpha value is -3.09. The standard InChI is InChI=1S/C23H19ClF5N3O3S/c1-32(36(34)35)19-8-4-13(10-18(19)26)15(22(30)33)6-2-12-5-9-20(23(27,28)29)31-21(12)14-3-7-16(24)17(25)11-14/h3-5,7-11,15H,2,6H2,1H3,(H2,30,33)(H,34,35)/p-1. The van der Waals surface area contributed by atoms with E-state index >= 15 is 0 Å². The molecule has 0 aliphatic heterocycles. The lowest BCUT2D eigenvalue weighted by molar-refractivity contribution is -0.141. The summed E-state index contributed by atoms with van der Waals surface area (Å²) in [7, 11) is 1.13. The van der Waals surface area contributed by atoms with Gasteiger partial charge in [-0.05, 0) is 54.3 Å². The number of carbonyl (C=O) groups excluding carboxylic acids is 1. The normalized spacial score (nSPS) is 13.3. The van der Waals surface area contributed by atoms with E-state index in [0.29, 0.717) is 4.31 Å². The third-order valence-corrected chi connectivity index (χ3v) is 6.40. The van der Waals surface area contributed by atoms with Gasteiger partial charge >= 0.3 is 6.18 Å². The molecule has 0 saturated carbocycles. The van der Waals surface area contributed by atoms with Crippen LogP contribution in [0.1, 0.15) is 29.2 Å². The Balaban J connectivity index is 1.97. The number of hydrogen-bond donors (Lipinski definition) is 1. The minimum atomic E-state index is -4.76. The van der Waals surface area contributed by atoms with E-state index in [1.165, 1.54) is 18.2 Å². The Labute approximate surface area is 210 Å². The molecule has 2 atom stereocenters. The largest absolute Gasteiger partial charge is 0.755 e. The first-order valence-corrected chi connectivity index (χ1v) is 11.6. The van der Waals surface area contributed by atoms with Crippen LogP contribution < -0.4 is 10.0 Å². The lowest BCUT2D eigenvalue weighted by Crippen LogP contribution is -2.23. The van der Waals surface area contributed by atoms with Crippen molar-refractivity contribution in [2.45, 2.75) is 24.9 Å². The highest BCUT2D eigenvalue weighted by molar-refractivity contribution is 7.80. The van der Waals surface area contributed by atoms with E-state index < -0.39 is 46.6 Å². The maximum atomic E-state index is 14.5. The van der Waals surface area contributed by atoms with Crippen molar-refractivity contribution in [2.75, 3.05) is 11.4 Å². The van der Waals surface area contributed by atoms with Crippen LogP contribution in [0.4, 0.5) is 27.6 Å². The van der Waals surface area contributed by atoms with Crippen LogP contribution in [0.2, 0.25) is 5.02 Å². The Kier molecular flexibility index (Phi) is 8.32. The molecule has 1 aromatic heterocycles. The highest BCUT2D eigenvalue weighted by Gasteiger charge is 2.33. The molecule has 1 amide bonds. The van der Waals surface area contributed by atoms with Crippen LogP contribution in [0, 0.1) is 11.6 Å². The molecule has 0 aliphatic rings. The fraction of sp³-hybridized carbons (Fsp3) is 0.217. The van der Waals surface area contributed by atoms with Crippen molar-refractivity contribution in [2.24, 2.45) is 5.73 Å². The van der Waals surface area contributed by atoms with Crippen molar-refractivity contribution in [1.29, 1.82) is 0 Å². The highest BCUT2D eigenvalue weighted by Crippen LogP contribution is 2.34. The molecule has 2 N–H and O–H groups in total. The summed E-state index contributed by atoms with van der Waals surface area (Å²) in [4.78, 5) is 15.8. The lowest BCUT2D eigenvalue weighted by atomic mass is 9.90. The van der Waals surface area contributed by atoms with Gasteiger partial charge in [0.15, 0.2) is 0 Å². The summed E-state index contributed by atoms with van der Waals surface area (Å²) in [6, 6.07) is 8.83. The number of alkyl halides is 3. The minimum absolute atomic E-state index is 0.0217. The van der Waals surface area contributed by atoms with Crippen molar-refractivity contribution in [3.05, 3.63) is 82.0 Å². The number of aromatic nitrogens is 1. The molecule has 1 heterocycles. The van der Waals surface area contributed by atoms with E-state index in [0.717, 1.165) is 37.4 Å². The van der Waals surface area contributed by atoms with Gasteiger partial charge < -0.3 is 14.6 Å². The number of primary amides is 1. The molecular formula is C23H18ClF5N3O3S-. The summed E-state index contributed by atoms with van der Waals surface area (Å²) >= 11 is 2.95. The molecule has 0 bridgehead atoms. The number of rotatable bonds is 8. The molecular weight excluding hydrogens is 529 g/mol. The summed E-state index contributed by atoms with van der Waals surface area (Å²) in [5.74, 6) is -3.66. The van der Waals surface area contributed by atoms with Gasteiger partial charge in [-0.25, -0.2) is 13.8 Å². The SMILES string of the molecule is CN(c1ccc(C(CCc2ccc(C(F)(F)F)nc2-c2ccc(Cl)c(F)c2)C(N)=O)cc1F)S(=O)[O-]. The summed E-state index contributed by atoms with van der Waals surface area (Å²) in [5, 5.41) is -0.224. The summed E-state index contributed by atoms with van der Waals surface area (Å²) in [6.45, 7) is 0. The van der Waals surface area contributed by atoms with Gasteiger partial charge in [-0.15, -0.1) is 0 Å². The van der Waals surface area contributed by atoms with E-state index in [2.05, 4.69) is 4.98 Å². The summed E-state index contributed by atoms with van der Waals surface area (Å²) in [5.41, 5.74) is 4.33. The van der Waals surface area contributed by atoms with Gasteiger partial charge in [0.2, 0.25) is 5.91 Å². The molecule has 2 unspecified atom stereocenters. The van der Waals surface area contributed by atoms with Gasteiger partial charge in [-0.3, -0.25) is 9.00 Å². The molecule has 3 rings (SSSR count). The zero-order valence-corrected chi connectivity index (χ0v) is 20.1. The molecule has 192 valence electrons. The zero-order valence-electron chi connectivity index (χ0n) is 18.5. The fourth-order valence-corrected chi connectivity index (χ4v) is 4.02. The Morgan fingerprint density at radius 2 is 1.83 bits per heavy atom. The Morgan fingerprint density at radius 3 is 2.39 bits per heavy atom. The quantitative estimate of drug-likeness (QED) is 0.313. The van der Waals surface area contributed by atoms with E-state index in [1.807, 2.05) is 0 Å². The van der Waals surface area contributed by atoms with Crippen molar-refractivity contribution in [3.8, 4) is 11.3 Å². The summed E-state index contributed by atoms with van der Waals surface area (Å²) < 4.78 is 91.2. The lowest BCUT2D eigenvalue weighted by Gasteiger charge is -2.23. The number of nitrogens with zero attached hydrogens (tertiary/aromatic N) is 2. The monoisotopic (exact) mass is 546 g/mol. The van der Waals surface area contributed by atoms with Gasteiger partial charge in [0.05, 0.1) is 22.3 Å². The first-order valence-electron chi connectivity index (χ1n) is 10.2. The zero-order chi connectivity index (χ0) is 26.8. The van der Waals surface area contributed by atoms with Crippen LogP contribution in [0.5, 0.6) is 0 Å². The number of benzene rings is 2. The smallest absolute Gasteiger partial charge is 0.433 e. The molecule has 0 spiro atoms. The van der Waals surface area contributed by atoms with Crippen LogP contribution in [0.25, 0.3) is 11.3 Å². The van der Waals surface area contributed by atoms with E-state index in [4.69, 9.17) is 17.3 Å². The second-order valence-electron chi connectivity index (χ2n) is 7.75. The molecule has 0 fully saturated rings. The number of pyridine rings is 1. The fourth-order valence-electron chi connectivity index (χ4n) is 3.59. The first kappa shape index (κ1) is 27.5. The second-order valence-corrected chi connectivity index (χ2v) is 9.14. The number of amides is 1. The van der Waals surface area contributed by atoms with E-state index in [9.17, 15) is 35.5 Å². The van der Waals surface area contributed by atoms with Crippen molar-refractivity contribution >= 4 is 34.5 Å². The number of hydrogen-bond acceptors (Lipinski definition) is 4. The maximum Gasteiger partial charge on any atom is 0.433 e. The van der Waals surface area contributed by atoms with Gasteiger partial charge in [0.25, 0.3) is 0 Å². The maximum absolute atomic E-state index is 14.5. The average Bonchev–Trinajstić information content (AvgIpc) is 2.80. The van der Waals surface area contributed by atoms with Crippen molar-refractivity contribution in [3.63, 3.8) is 0 Å². The van der Waals surface area contributed by atoms with Gasteiger partial charge in [0.1, 0.15) is 17.3 Å². The molecule has 3 aromatic rings. The van der Waals surface area contributed by atoms with Crippen LogP contribution in [0.15, 0.2) is 48.5 Å². The Morgan fingerprint density at radius 1 is 1.14 bits per heavy atom. The molecule has 13 heteroatoms. The number of halogens is 6. The third-order valence-electron chi connectivity index (χ3n) is 5.45. The minimum Gasteiger partial charge on any atom is -0.755 e. The number of nitrogens with two attached hydrogens (primary N) is 1. The van der Waals surface area contributed by atoms with Gasteiger partial charge in [-0.2, -0.15) is 13.2 Å². The predicted molar refractivity (Wildman–Crippen MR) is 124 cm³/mol.